The largest absolute Gasteiger partial charge is 0.493 e. The first kappa shape index (κ1) is 21.8. The van der Waals surface area contributed by atoms with Gasteiger partial charge in [0, 0.05) is 30.5 Å². The summed E-state index contributed by atoms with van der Waals surface area (Å²) in [6.45, 7) is 0.508. The number of carbonyl (C=O) groups is 1. The van der Waals surface area contributed by atoms with Crippen molar-refractivity contribution in [3.8, 4) is 17.2 Å². The topological polar surface area (TPSA) is 61.7 Å². The van der Waals surface area contributed by atoms with Crippen LogP contribution in [0.25, 0.3) is 10.9 Å². The zero-order valence-electron chi connectivity index (χ0n) is 19.2. The van der Waals surface area contributed by atoms with Gasteiger partial charge in [-0.1, -0.05) is 18.2 Å². The van der Waals surface area contributed by atoms with Gasteiger partial charge in [-0.25, -0.2) is 4.39 Å². The molecule has 0 aliphatic carbocycles. The lowest BCUT2D eigenvalue weighted by Gasteiger charge is -2.19. The van der Waals surface area contributed by atoms with E-state index in [1.165, 1.54) is 6.07 Å². The van der Waals surface area contributed by atoms with Crippen molar-refractivity contribution in [2.45, 2.75) is 18.9 Å². The summed E-state index contributed by atoms with van der Waals surface area (Å²) in [7, 11) is 4.71. The van der Waals surface area contributed by atoms with Crippen molar-refractivity contribution >= 4 is 22.5 Å². The molecule has 0 bridgehead atoms. The molecule has 1 amide bonds. The number of halogens is 1. The van der Waals surface area contributed by atoms with Crippen LogP contribution in [0.3, 0.4) is 0 Å². The number of methoxy groups -OCH3 is 3. The average Bonchev–Trinajstić information content (AvgIpc) is 3.13. The van der Waals surface area contributed by atoms with Crippen LogP contribution in [0.5, 0.6) is 17.2 Å². The molecule has 1 aliphatic heterocycles. The molecule has 7 heteroatoms. The van der Waals surface area contributed by atoms with E-state index in [1.54, 1.807) is 33.5 Å². The maximum absolute atomic E-state index is 13.8. The highest BCUT2D eigenvalue weighted by Crippen LogP contribution is 2.45. The number of nitrogens with zero attached hydrogens (tertiary/aromatic N) is 1. The Kier molecular flexibility index (Phi) is 5.61. The SMILES string of the molecule is COc1cc(C2CC(=O)Nc3cccc4c3c2cn4Cc2cccc(F)c2)cc(OC)c1OC. The Labute approximate surface area is 196 Å². The van der Waals surface area contributed by atoms with Gasteiger partial charge in [0.15, 0.2) is 11.5 Å². The molecule has 1 N–H and O–H groups in total. The highest BCUT2D eigenvalue weighted by atomic mass is 19.1. The van der Waals surface area contributed by atoms with Gasteiger partial charge in [0.2, 0.25) is 11.7 Å². The van der Waals surface area contributed by atoms with Gasteiger partial charge in [-0.2, -0.15) is 0 Å². The molecule has 6 nitrogen and oxygen atoms in total. The zero-order chi connectivity index (χ0) is 23.8. The lowest BCUT2D eigenvalue weighted by Crippen LogP contribution is -2.14. The van der Waals surface area contributed by atoms with E-state index in [2.05, 4.69) is 16.1 Å². The molecule has 0 radical (unpaired) electrons. The van der Waals surface area contributed by atoms with E-state index >= 15 is 0 Å². The summed E-state index contributed by atoms with van der Waals surface area (Å²) in [4.78, 5) is 12.9. The normalized spacial score (nSPS) is 15.1. The maximum Gasteiger partial charge on any atom is 0.225 e. The molecule has 0 saturated carbocycles. The molecular weight excluding hydrogens is 435 g/mol. The van der Waals surface area contributed by atoms with Gasteiger partial charge in [0.25, 0.3) is 0 Å². The summed E-state index contributed by atoms with van der Waals surface area (Å²) >= 11 is 0. The van der Waals surface area contributed by atoms with E-state index < -0.39 is 0 Å². The van der Waals surface area contributed by atoms with Crippen LogP contribution in [-0.2, 0) is 11.3 Å². The first-order chi connectivity index (χ1) is 16.5. The van der Waals surface area contributed by atoms with Crippen LogP contribution in [0, 0.1) is 5.82 Å². The predicted molar refractivity (Wildman–Crippen MR) is 129 cm³/mol. The Morgan fingerprint density at radius 1 is 1.00 bits per heavy atom. The monoisotopic (exact) mass is 460 g/mol. The quantitative estimate of drug-likeness (QED) is 0.423. The van der Waals surface area contributed by atoms with Crippen LogP contribution in [0.1, 0.15) is 29.0 Å². The lowest BCUT2D eigenvalue weighted by atomic mass is 9.88. The highest BCUT2D eigenvalue weighted by molar-refractivity contribution is 6.06. The Bertz CT molecular complexity index is 1370. The number of ether oxygens (including phenoxy) is 3. The van der Waals surface area contributed by atoms with Crippen LogP contribution >= 0.6 is 0 Å². The molecule has 5 rings (SSSR count). The number of nitrogens with one attached hydrogen (secondary N) is 1. The van der Waals surface area contributed by atoms with Gasteiger partial charge in [-0.3, -0.25) is 4.79 Å². The highest BCUT2D eigenvalue weighted by Gasteiger charge is 2.29. The third kappa shape index (κ3) is 3.73. The fourth-order valence-electron chi connectivity index (χ4n) is 4.81. The Morgan fingerprint density at radius 2 is 1.74 bits per heavy atom. The second kappa shape index (κ2) is 8.74. The average molecular weight is 461 g/mol. The third-order valence-electron chi connectivity index (χ3n) is 6.31. The minimum absolute atomic E-state index is 0.0702. The number of benzene rings is 3. The predicted octanol–water partition coefficient (Wildman–Crippen LogP) is 5.33. The molecule has 2 heterocycles. The summed E-state index contributed by atoms with van der Waals surface area (Å²) in [5.74, 6) is 0.989. The van der Waals surface area contributed by atoms with Crippen molar-refractivity contribution in [2.75, 3.05) is 26.6 Å². The van der Waals surface area contributed by atoms with Crippen molar-refractivity contribution in [3.05, 3.63) is 83.3 Å². The maximum atomic E-state index is 13.8. The van der Waals surface area contributed by atoms with Crippen LogP contribution in [0.4, 0.5) is 10.1 Å². The van der Waals surface area contributed by atoms with E-state index in [0.717, 1.165) is 33.3 Å². The van der Waals surface area contributed by atoms with Crippen LogP contribution < -0.4 is 19.5 Å². The van der Waals surface area contributed by atoms with Crippen LogP contribution in [0.15, 0.2) is 60.8 Å². The van der Waals surface area contributed by atoms with E-state index in [4.69, 9.17) is 14.2 Å². The molecule has 1 unspecified atom stereocenters. The zero-order valence-corrected chi connectivity index (χ0v) is 19.2. The number of hydrogen-bond acceptors (Lipinski definition) is 4. The van der Waals surface area contributed by atoms with Crippen molar-refractivity contribution < 1.29 is 23.4 Å². The van der Waals surface area contributed by atoms with Crippen molar-refractivity contribution in [1.82, 2.24) is 4.57 Å². The van der Waals surface area contributed by atoms with Crippen molar-refractivity contribution in [1.29, 1.82) is 0 Å². The molecule has 1 aromatic heterocycles. The molecule has 34 heavy (non-hydrogen) atoms. The van der Waals surface area contributed by atoms with Gasteiger partial charge >= 0.3 is 0 Å². The minimum atomic E-state index is -0.265. The first-order valence-electron chi connectivity index (χ1n) is 11.0. The van der Waals surface area contributed by atoms with Gasteiger partial charge in [-0.05, 0) is 53.1 Å². The third-order valence-corrected chi connectivity index (χ3v) is 6.31. The van der Waals surface area contributed by atoms with E-state index in [0.29, 0.717) is 23.8 Å². The fraction of sp³-hybridized carbons (Fsp3) is 0.222. The Balaban J connectivity index is 1.70. The van der Waals surface area contributed by atoms with Gasteiger partial charge < -0.3 is 24.1 Å². The minimum Gasteiger partial charge on any atom is -0.493 e. The molecule has 0 saturated heterocycles. The van der Waals surface area contributed by atoms with Crippen LogP contribution in [0.2, 0.25) is 0 Å². The van der Waals surface area contributed by atoms with Gasteiger partial charge in [0.1, 0.15) is 5.82 Å². The van der Waals surface area contributed by atoms with E-state index in [1.807, 2.05) is 36.4 Å². The molecule has 174 valence electrons. The molecule has 1 aliphatic rings. The molecule has 3 aromatic carbocycles. The molecular formula is C27H25FN2O4. The standard InChI is InChI=1S/C27H25FN2O4/c1-32-23-11-17(12-24(33-2)27(23)34-3)19-13-25(31)29-21-8-5-9-22-26(21)20(19)15-30(22)14-16-6-4-7-18(28)10-16/h4-12,15,19H,13-14H2,1-3H3,(H,29,31). The summed E-state index contributed by atoms with van der Waals surface area (Å²) in [6, 6.07) is 16.2. The number of anilines is 1. The number of amides is 1. The summed E-state index contributed by atoms with van der Waals surface area (Å²) < 4.78 is 32.5. The number of rotatable bonds is 6. The van der Waals surface area contributed by atoms with Crippen molar-refractivity contribution in [2.24, 2.45) is 0 Å². The number of aromatic nitrogens is 1. The second-order valence-electron chi connectivity index (χ2n) is 8.31. The summed E-state index contributed by atoms with van der Waals surface area (Å²) in [6.07, 6.45) is 2.32. The summed E-state index contributed by atoms with van der Waals surface area (Å²) in [5.41, 5.74) is 4.49. The fourth-order valence-corrected chi connectivity index (χ4v) is 4.81. The molecule has 0 spiro atoms. The lowest BCUT2D eigenvalue weighted by molar-refractivity contribution is -0.116. The Hall–Kier alpha value is -4.00. The van der Waals surface area contributed by atoms with Gasteiger partial charge in [-0.15, -0.1) is 0 Å². The van der Waals surface area contributed by atoms with Gasteiger partial charge in [0.05, 0.1) is 32.5 Å². The molecule has 0 fully saturated rings. The van der Waals surface area contributed by atoms with E-state index in [-0.39, 0.29) is 24.1 Å². The number of hydrogen-bond donors (Lipinski definition) is 1. The first-order valence-corrected chi connectivity index (χ1v) is 11.0. The number of carbonyl (C=O) groups excluding carboxylic acids is 1. The summed E-state index contributed by atoms with van der Waals surface area (Å²) in [5, 5.41) is 4.03. The molecule has 4 aromatic rings. The molecule has 1 atom stereocenters. The smallest absolute Gasteiger partial charge is 0.225 e. The second-order valence-corrected chi connectivity index (χ2v) is 8.31. The van der Waals surface area contributed by atoms with Crippen molar-refractivity contribution in [3.63, 3.8) is 0 Å². The van der Waals surface area contributed by atoms with E-state index in [9.17, 15) is 9.18 Å². The Morgan fingerprint density at radius 3 is 2.41 bits per heavy atom. The van der Waals surface area contributed by atoms with Crippen LogP contribution in [-0.4, -0.2) is 31.8 Å².